The van der Waals surface area contributed by atoms with Gasteiger partial charge in [-0.2, -0.15) is 0 Å². The summed E-state index contributed by atoms with van der Waals surface area (Å²) in [5.41, 5.74) is 0.976. The molecule has 1 aromatic rings. The van der Waals surface area contributed by atoms with Crippen molar-refractivity contribution >= 4 is 34.2 Å². The Bertz CT molecular complexity index is 237. The average Bonchev–Trinajstić information content (AvgIpc) is 1.88. The van der Waals surface area contributed by atoms with E-state index in [2.05, 4.69) is 22.6 Å². The van der Waals surface area contributed by atoms with Crippen molar-refractivity contribution < 1.29 is 4.39 Å². The third kappa shape index (κ3) is 1.83. The Morgan fingerprint density at radius 2 is 2.20 bits per heavy atom. The second kappa shape index (κ2) is 3.53. The molecule has 0 heterocycles. The lowest BCUT2D eigenvalue weighted by molar-refractivity contribution is 0.627. The molecule has 0 unspecified atom stereocenters. The maximum Gasteiger partial charge on any atom is 0.124 e. The molecule has 0 N–H and O–H groups in total. The largest absolute Gasteiger partial charge is 0.207 e. The summed E-state index contributed by atoms with van der Waals surface area (Å²) in [6.45, 7) is 0. The Labute approximate surface area is 77.5 Å². The van der Waals surface area contributed by atoms with Gasteiger partial charge in [0, 0.05) is 9.45 Å². The number of benzene rings is 1. The highest BCUT2D eigenvalue weighted by molar-refractivity contribution is 14.1. The topological polar surface area (TPSA) is 0 Å². The van der Waals surface area contributed by atoms with Gasteiger partial charge in [0.1, 0.15) is 5.82 Å². The standard InChI is InChI=1S/C7H5ClFI/c8-7-3-6(9)2-1-5(7)4-10/h1-3H,4H2. The normalized spacial score (nSPS) is 9.90. The van der Waals surface area contributed by atoms with Crippen LogP contribution in [0.5, 0.6) is 0 Å². The minimum Gasteiger partial charge on any atom is -0.207 e. The van der Waals surface area contributed by atoms with Crippen molar-refractivity contribution in [1.29, 1.82) is 0 Å². The molecule has 1 aromatic carbocycles. The molecule has 0 aliphatic rings. The van der Waals surface area contributed by atoms with Gasteiger partial charge in [0.15, 0.2) is 0 Å². The van der Waals surface area contributed by atoms with Crippen LogP contribution >= 0.6 is 34.2 Å². The Balaban J connectivity index is 3.07. The molecule has 0 aliphatic heterocycles. The van der Waals surface area contributed by atoms with Crippen molar-refractivity contribution in [3.05, 3.63) is 34.6 Å². The molecule has 0 spiro atoms. The summed E-state index contributed by atoms with van der Waals surface area (Å²) in [4.78, 5) is 0. The molecule has 0 aromatic heterocycles. The highest BCUT2D eigenvalue weighted by atomic mass is 127. The maximum absolute atomic E-state index is 12.4. The van der Waals surface area contributed by atoms with Crippen molar-refractivity contribution in [2.75, 3.05) is 0 Å². The third-order valence-corrected chi connectivity index (χ3v) is 2.33. The van der Waals surface area contributed by atoms with Crippen LogP contribution in [0.1, 0.15) is 5.56 Å². The maximum atomic E-state index is 12.4. The van der Waals surface area contributed by atoms with E-state index in [1.165, 1.54) is 12.1 Å². The summed E-state index contributed by atoms with van der Waals surface area (Å²) in [5.74, 6) is -0.279. The first-order valence-electron chi connectivity index (χ1n) is 2.74. The number of halogens is 3. The summed E-state index contributed by atoms with van der Waals surface area (Å²) in [6, 6.07) is 4.44. The quantitative estimate of drug-likeness (QED) is 0.542. The minimum absolute atomic E-state index is 0.279. The third-order valence-electron chi connectivity index (χ3n) is 1.16. The van der Waals surface area contributed by atoms with Crippen LogP contribution in [0.15, 0.2) is 18.2 Å². The SMILES string of the molecule is Fc1ccc(CI)c(Cl)c1. The summed E-state index contributed by atoms with van der Waals surface area (Å²) >= 11 is 7.87. The number of hydrogen-bond acceptors (Lipinski definition) is 0. The van der Waals surface area contributed by atoms with Crippen LogP contribution in [-0.4, -0.2) is 0 Å². The molecule has 0 aliphatic carbocycles. The van der Waals surface area contributed by atoms with Crippen LogP contribution in [0.25, 0.3) is 0 Å². The van der Waals surface area contributed by atoms with Crippen LogP contribution in [0.4, 0.5) is 4.39 Å². The van der Waals surface area contributed by atoms with Crippen LogP contribution in [-0.2, 0) is 4.43 Å². The van der Waals surface area contributed by atoms with E-state index in [-0.39, 0.29) is 5.82 Å². The average molecular weight is 270 g/mol. The molecule has 1 rings (SSSR count). The zero-order chi connectivity index (χ0) is 7.56. The lowest BCUT2D eigenvalue weighted by atomic mass is 10.2. The van der Waals surface area contributed by atoms with E-state index in [9.17, 15) is 4.39 Å². The van der Waals surface area contributed by atoms with Crippen LogP contribution < -0.4 is 0 Å². The molecule has 0 radical (unpaired) electrons. The Kier molecular flexibility index (Phi) is 2.92. The Morgan fingerprint density at radius 1 is 1.50 bits per heavy atom. The van der Waals surface area contributed by atoms with Gasteiger partial charge >= 0.3 is 0 Å². The molecular weight excluding hydrogens is 265 g/mol. The van der Waals surface area contributed by atoms with E-state index in [1.54, 1.807) is 6.07 Å². The molecule has 0 saturated heterocycles. The second-order valence-electron chi connectivity index (χ2n) is 1.87. The number of hydrogen-bond donors (Lipinski definition) is 0. The summed E-state index contributed by atoms with van der Waals surface area (Å²) in [5, 5.41) is 0.509. The molecule has 54 valence electrons. The first-order chi connectivity index (χ1) is 4.74. The molecule has 0 fully saturated rings. The smallest absolute Gasteiger partial charge is 0.124 e. The van der Waals surface area contributed by atoms with E-state index in [1.807, 2.05) is 0 Å². The lowest BCUT2D eigenvalue weighted by Crippen LogP contribution is -1.80. The van der Waals surface area contributed by atoms with Gasteiger partial charge < -0.3 is 0 Å². The van der Waals surface area contributed by atoms with Crippen molar-refractivity contribution in [1.82, 2.24) is 0 Å². The van der Waals surface area contributed by atoms with Gasteiger partial charge in [0.2, 0.25) is 0 Å². The fraction of sp³-hybridized carbons (Fsp3) is 0.143. The van der Waals surface area contributed by atoms with Crippen LogP contribution in [0, 0.1) is 5.82 Å². The molecule has 0 amide bonds. The van der Waals surface area contributed by atoms with Crippen molar-refractivity contribution in [2.24, 2.45) is 0 Å². The fourth-order valence-corrected chi connectivity index (χ4v) is 1.75. The van der Waals surface area contributed by atoms with Crippen LogP contribution in [0.2, 0.25) is 5.02 Å². The molecule has 0 atom stereocenters. The molecule has 0 saturated carbocycles. The lowest BCUT2D eigenvalue weighted by Gasteiger charge is -1.97. The first kappa shape index (κ1) is 8.27. The summed E-state index contributed by atoms with van der Waals surface area (Å²) in [6.07, 6.45) is 0. The monoisotopic (exact) mass is 270 g/mol. The Hall–Kier alpha value is 0.170. The highest BCUT2D eigenvalue weighted by Gasteiger charge is 1.98. The van der Waals surface area contributed by atoms with Gasteiger partial charge in [0.25, 0.3) is 0 Å². The van der Waals surface area contributed by atoms with Gasteiger partial charge in [-0.15, -0.1) is 0 Å². The number of rotatable bonds is 1. The highest BCUT2D eigenvalue weighted by Crippen LogP contribution is 2.19. The van der Waals surface area contributed by atoms with E-state index in [4.69, 9.17) is 11.6 Å². The first-order valence-corrected chi connectivity index (χ1v) is 4.64. The zero-order valence-electron chi connectivity index (χ0n) is 5.07. The second-order valence-corrected chi connectivity index (χ2v) is 3.04. The van der Waals surface area contributed by atoms with E-state index < -0.39 is 0 Å². The molecule has 3 heteroatoms. The van der Waals surface area contributed by atoms with Gasteiger partial charge in [0.05, 0.1) is 0 Å². The summed E-state index contributed by atoms with van der Waals surface area (Å²) in [7, 11) is 0. The van der Waals surface area contributed by atoms with Gasteiger partial charge in [-0.3, -0.25) is 0 Å². The number of alkyl halides is 1. The zero-order valence-corrected chi connectivity index (χ0v) is 7.99. The minimum atomic E-state index is -0.279. The van der Waals surface area contributed by atoms with Gasteiger partial charge in [-0.05, 0) is 17.7 Å². The van der Waals surface area contributed by atoms with E-state index in [0.29, 0.717) is 5.02 Å². The van der Waals surface area contributed by atoms with Crippen molar-refractivity contribution in [3.8, 4) is 0 Å². The Morgan fingerprint density at radius 3 is 2.70 bits per heavy atom. The van der Waals surface area contributed by atoms with Crippen molar-refractivity contribution in [2.45, 2.75) is 4.43 Å². The van der Waals surface area contributed by atoms with Gasteiger partial charge in [-0.1, -0.05) is 40.3 Å². The predicted molar refractivity (Wildman–Crippen MR) is 49.1 cm³/mol. The van der Waals surface area contributed by atoms with Crippen molar-refractivity contribution in [3.63, 3.8) is 0 Å². The van der Waals surface area contributed by atoms with Crippen LogP contribution in [0.3, 0.4) is 0 Å². The predicted octanol–water partition coefficient (Wildman–Crippen LogP) is 3.41. The molecule has 0 nitrogen and oxygen atoms in total. The molecule has 10 heavy (non-hydrogen) atoms. The summed E-state index contributed by atoms with van der Waals surface area (Å²) < 4.78 is 13.2. The van der Waals surface area contributed by atoms with E-state index >= 15 is 0 Å². The molecular formula is C7H5ClFI. The fourth-order valence-electron chi connectivity index (χ4n) is 0.630. The van der Waals surface area contributed by atoms with E-state index in [0.717, 1.165) is 9.99 Å². The molecule has 0 bridgehead atoms. The van der Waals surface area contributed by atoms with Gasteiger partial charge in [-0.25, -0.2) is 4.39 Å².